The van der Waals surface area contributed by atoms with Crippen LogP contribution in [0.3, 0.4) is 0 Å². The van der Waals surface area contributed by atoms with Crippen molar-refractivity contribution in [2.24, 2.45) is 0 Å². The number of nitrogens with one attached hydrogen (secondary N) is 1. The summed E-state index contributed by atoms with van der Waals surface area (Å²) >= 11 is 3.31. The van der Waals surface area contributed by atoms with Crippen LogP contribution in [0.5, 0.6) is 0 Å². The number of anilines is 2. The number of carbonyl (C=O) groups excluding carboxylic acids is 1. The van der Waals surface area contributed by atoms with E-state index in [9.17, 15) is 4.79 Å². The van der Waals surface area contributed by atoms with Crippen molar-refractivity contribution in [3.05, 3.63) is 57.6 Å². The molecule has 0 aliphatic carbocycles. The fourth-order valence-electron chi connectivity index (χ4n) is 1.75. The molecule has 0 heterocycles. The van der Waals surface area contributed by atoms with Crippen molar-refractivity contribution in [1.82, 2.24) is 0 Å². The van der Waals surface area contributed by atoms with Gasteiger partial charge in [-0.1, -0.05) is 12.1 Å². The summed E-state index contributed by atoms with van der Waals surface area (Å²) in [6.45, 7) is 3.96. The Kier molecular flexibility index (Phi) is 3.90. The zero-order valence-corrected chi connectivity index (χ0v) is 12.4. The van der Waals surface area contributed by atoms with E-state index in [0.29, 0.717) is 11.3 Å². The molecule has 3 nitrogen and oxygen atoms in total. The average Bonchev–Trinajstić information content (AvgIpc) is 2.37. The maximum atomic E-state index is 12.2. The summed E-state index contributed by atoms with van der Waals surface area (Å²) in [4.78, 5) is 12.2. The van der Waals surface area contributed by atoms with E-state index in [1.165, 1.54) is 0 Å². The molecular formula is C15H15BrN2O. The van der Waals surface area contributed by atoms with E-state index in [0.717, 1.165) is 21.3 Å². The maximum absolute atomic E-state index is 12.2. The van der Waals surface area contributed by atoms with Crippen LogP contribution in [0.4, 0.5) is 11.4 Å². The van der Waals surface area contributed by atoms with Gasteiger partial charge in [0.25, 0.3) is 5.91 Å². The third-order valence-corrected chi connectivity index (χ3v) is 3.62. The molecule has 0 fully saturated rings. The number of hydrogen-bond acceptors (Lipinski definition) is 2. The lowest BCUT2D eigenvalue weighted by atomic mass is 10.1. The quantitative estimate of drug-likeness (QED) is 0.825. The summed E-state index contributed by atoms with van der Waals surface area (Å²) in [7, 11) is 0. The molecule has 0 unspecified atom stereocenters. The maximum Gasteiger partial charge on any atom is 0.255 e. The highest BCUT2D eigenvalue weighted by atomic mass is 79.9. The second kappa shape index (κ2) is 5.45. The monoisotopic (exact) mass is 318 g/mol. The first-order chi connectivity index (χ1) is 8.97. The molecule has 0 saturated carbocycles. The van der Waals surface area contributed by atoms with Gasteiger partial charge in [-0.3, -0.25) is 4.79 Å². The molecule has 2 rings (SSSR count). The van der Waals surface area contributed by atoms with E-state index in [-0.39, 0.29) is 5.91 Å². The van der Waals surface area contributed by atoms with Crippen molar-refractivity contribution in [2.75, 3.05) is 11.1 Å². The lowest BCUT2D eigenvalue weighted by Crippen LogP contribution is -2.13. The average molecular weight is 319 g/mol. The van der Waals surface area contributed by atoms with Gasteiger partial charge >= 0.3 is 0 Å². The Labute approximate surface area is 121 Å². The topological polar surface area (TPSA) is 55.1 Å². The largest absolute Gasteiger partial charge is 0.398 e. The van der Waals surface area contributed by atoms with Crippen molar-refractivity contribution in [1.29, 1.82) is 0 Å². The molecule has 0 spiro atoms. The van der Waals surface area contributed by atoms with Crippen LogP contribution in [0.2, 0.25) is 0 Å². The van der Waals surface area contributed by atoms with E-state index < -0.39 is 0 Å². The lowest BCUT2D eigenvalue weighted by Gasteiger charge is -2.10. The molecule has 2 aromatic rings. The molecule has 0 aliphatic rings. The van der Waals surface area contributed by atoms with Gasteiger partial charge in [0.05, 0.1) is 0 Å². The van der Waals surface area contributed by atoms with Gasteiger partial charge in [0.1, 0.15) is 0 Å². The summed E-state index contributed by atoms with van der Waals surface area (Å²) in [6, 6.07) is 11.1. The number of nitrogens with two attached hydrogens (primary N) is 1. The number of aryl methyl sites for hydroxylation is 2. The van der Waals surface area contributed by atoms with Gasteiger partial charge in [0.2, 0.25) is 0 Å². The Bertz CT molecular complexity index is 638. The van der Waals surface area contributed by atoms with Crippen LogP contribution in [0.1, 0.15) is 21.5 Å². The third kappa shape index (κ3) is 3.15. The Hall–Kier alpha value is -1.81. The highest BCUT2D eigenvalue weighted by Gasteiger charge is 2.09. The predicted molar refractivity (Wildman–Crippen MR) is 82.4 cm³/mol. The van der Waals surface area contributed by atoms with E-state index in [2.05, 4.69) is 21.2 Å². The van der Waals surface area contributed by atoms with Crippen molar-refractivity contribution >= 4 is 33.2 Å². The van der Waals surface area contributed by atoms with Crippen LogP contribution in [-0.2, 0) is 0 Å². The number of benzene rings is 2. The normalized spacial score (nSPS) is 10.3. The first-order valence-electron chi connectivity index (χ1n) is 5.91. The number of amides is 1. The van der Waals surface area contributed by atoms with E-state index in [4.69, 9.17) is 5.73 Å². The molecule has 0 aromatic heterocycles. The van der Waals surface area contributed by atoms with Crippen molar-refractivity contribution in [2.45, 2.75) is 13.8 Å². The number of halogens is 1. The second-order valence-corrected chi connectivity index (χ2v) is 5.36. The molecule has 98 valence electrons. The summed E-state index contributed by atoms with van der Waals surface area (Å²) in [5, 5.41) is 2.90. The second-order valence-electron chi connectivity index (χ2n) is 4.51. The highest BCUT2D eigenvalue weighted by molar-refractivity contribution is 9.10. The van der Waals surface area contributed by atoms with Crippen LogP contribution in [-0.4, -0.2) is 5.91 Å². The molecule has 1 amide bonds. The zero-order valence-electron chi connectivity index (χ0n) is 10.8. The van der Waals surface area contributed by atoms with E-state index >= 15 is 0 Å². The van der Waals surface area contributed by atoms with E-state index in [1.54, 1.807) is 18.2 Å². The Morgan fingerprint density at radius 1 is 1.16 bits per heavy atom. The summed E-state index contributed by atoms with van der Waals surface area (Å²) in [6.07, 6.45) is 0. The van der Waals surface area contributed by atoms with Crippen LogP contribution in [0, 0.1) is 13.8 Å². The first kappa shape index (κ1) is 13.6. The molecule has 19 heavy (non-hydrogen) atoms. The molecular weight excluding hydrogens is 304 g/mol. The first-order valence-corrected chi connectivity index (χ1v) is 6.70. The molecule has 2 aromatic carbocycles. The summed E-state index contributed by atoms with van der Waals surface area (Å²) < 4.78 is 0.788. The van der Waals surface area contributed by atoms with Gasteiger partial charge in [0.15, 0.2) is 0 Å². The van der Waals surface area contributed by atoms with Crippen LogP contribution >= 0.6 is 15.9 Å². The summed E-state index contributed by atoms with van der Waals surface area (Å²) in [5.41, 5.74) is 9.84. The molecule has 0 saturated heterocycles. The zero-order chi connectivity index (χ0) is 14.0. The predicted octanol–water partition coefficient (Wildman–Crippen LogP) is 3.90. The highest BCUT2D eigenvalue weighted by Crippen LogP contribution is 2.22. The molecule has 0 aliphatic heterocycles. The number of nitrogen functional groups attached to an aromatic ring is 1. The molecule has 3 N–H and O–H groups in total. The third-order valence-electron chi connectivity index (χ3n) is 2.90. The van der Waals surface area contributed by atoms with Gasteiger partial charge in [-0.25, -0.2) is 0 Å². The van der Waals surface area contributed by atoms with Crippen molar-refractivity contribution in [3.8, 4) is 0 Å². The van der Waals surface area contributed by atoms with E-state index in [1.807, 2.05) is 32.0 Å². The Balaban J connectivity index is 2.25. The minimum absolute atomic E-state index is 0.159. The van der Waals surface area contributed by atoms with Crippen LogP contribution in [0.25, 0.3) is 0 Å². The van der Waals surface area contributed by atoms with Gasteiger partial charge in [-0.2, -0.15) is 0 Å². The van der Waals surface area contributed by atoms with Crippen LogP contribution in [0.15, 0.2) is 40.9 Å². The smallest absolute Gasteiger partial charge is 0.255 e. The van der Waals surface area contributed by atoms with Crippen molar-refractivity contribution < 1.29 is 4.79 Å². The number of carbonyl (C=O) groups is 1. The van der Waals surface area contributed by atoms with Gasteiger partial charge in [-0.05, 0) is 65.2 Å². The minimum Gasteiger partial charge on any atom is -0.398 e. The number of hydrogen-bond donors (Lipinski definition) is 2. The molecule has 0 bridgehead atoms. The molecule has 0 radical (unpaired) electrons. The minimum atomic E-state index is -0.159. The Morgan fingerprint density at radius 2 is 1.89 bits per heavy atom. The standard InChI is InChI=1S/C15H15BrN2O/c1-9-3-4-10(2)14(7-9)18-15(19)11-5-6-12(16)13(17)8-11/h3-8H,17H2,1-2H3,(H,18,19). The van der Waals surface area contributed by atoms with Crippen molar-refractivity contribution in [3.63, 3.8) is 0 Å². The lowest BCUT2D eigenvalue weighted by molar-refractivity contribution is 0.102. The van der Waals surface area contributed by atoms with Crippen LogP contribution < -0.4 is 11.1 Å². The summed E-state index contributed by atoms with van der Waals surface area (Å²) in [5.74, 6) is -0.159. The van der Waals surface area contributed by atoms with Gasteiger partial charge in [0, 0.05) is 21.4 Å². The fraction of sp³-hybridized carbons (Fsp3) is 0.133. The fourth-order valence-corrected chi connectivity index (χ4v) is 2.00. The molecule has 4 heteroatoms. The number of rotatable bonds is 2. The molecule has 0 atom stereocenters. The van der Waals surface area contributed by atoms with Gasteiger partial charge < -0.3 is 11.1 Å². The van der Waals surface area contributed by atoms with Gasteiger partial charge in [-0.15, -0.1) is 0 Å². The SMILES string of the molecule is Cc1ccc(C)c(NC(=O)c2ccc(Br)c(N)c2)c1. The Morgan fingerprint density at radius 3 is 2.58 bits per heavy atom.